The highest BCUT2D eigenvalue weighted by atomic mass is 19.1. The fraction of sp³-hybridized carbons (Fsp3) is 0.538. The summed E-state index contributed by atoms with van der Waals surface area (Å²) in [7, 11) is 1.88. The minimum Gasteiger partial charge on any atom is -0.487 e. The average Bonchev–Trinajstić information content (AvgIpc) is 2.20. The maximum absolute atomic E-state index is 13.0. The molecule has 0 amide bonds. The molecule has 1 saturated carbocycles. The van der Waals surface area contributed by atoms with Gasteiger partial charge in [0.05, 0.1) is 0 Å². The van der Waals surface area contributed by atoms with Gasteiger partial charge >= 0.3 is 0 Å². The van der Waals surface area contributed by atoms with Gasteiger partial charge in [-0.25, -0.2) is 8.78 Å². The van der Waals surface area contributed by atoms with Crippen molar-refractivity contribution >= 4 is 0 Å². The molecule has 94 valence electrons. The summed E-state index contributed by atoms with van der Waals surface area (Å²) in [6, 6.07) is 3.33. The molecule has 0 saturated heterocycles. The minimum absolute atomic E-state index is 0.233. The van der Waals surface area contributed by atoms with Crippen molar-refractivity contribution < 1.29 is 13.5 Å². The number of benzene rings is 1. The highest BCUT2D eigenvalue weighted by molar-refractivity contribution is 5.25. The van der Waals surface area contributed by atoms with Gasteiger partial charge in [-0.3, -0.25) is 0 Å². The molecule has 2 rings (SSSR count). The van der Waals surface area contributed by atoms with E-state index < -0.39 is 11.6 Å². The van der Waals surface area contributed by atoms with Gasteiger partial charge in [0.1, 0.15) is 23.0 Å². The highest BCUT2D eigenvalue weighted by Gasteiger charge is 2.38. The molecule has 4 heteroatoms. The molecule has 17 heavy (non-hydrogen) atoms. The molecule has 1 N–H and O–H groups in total. The third-order valence-electron chi connectivity index (χ3n) is 3.27. The summed E-state index contributed by atoms with van der Waals surface area (Å²) in [5.74, 6) is -0.899. The van der Waals surface area contributed by atoms with Crippen molar-refractivity contribution in [3.63, 3.8) is 0 Å². The van der Waals surface area contributed by atoms with Gasteiger partial charge in [0, 0.05) is 18.2 Å². The van der Waals surface area contributed by atoms with Gasteiger partial charge in [0.25, 0.3) is 0 Å². The number of nitrogens with one attached hydrogen (secondary N) is 1. The smallest absolute Gasteiger partial charge is 0.129 e. The molecule has 0 aromatic heterocycles. The third-order valence-corrected chi connectivity index (χ3v) is 3.27. The van der Waals surface area contributed by atoms with Gasteiger partial charge in [-0.1, -0.05) is 0 Å². The van der Waals surface area contributed by atoms with Crippen molar-refractivity contribution in [1.29, 1.82) is 0 Å². The van der Waals surface area contributed by atoms with Crippen LogP contribution < -0.4 is 10.1 Å². The summed E-state index contributed by atoms with van der Waals surface area (Å²) >= 11 is 0. The topological polar surface area (TPSA) is 21.3 Å². The Morgan fingerprint density at radius 1 is 1.24 bits per heavy atom. The largest absolute Gasteiger partial charge is 0.487 e. The predicted octanol–water partition coefficient (Wildman–Crippen LogP) is 2.88. The SMILES string of the molecule is CNCCC1(Oc2cc(F)cc(F)c2)CCC1. The van der Waals surface area contributed by atoms with Crippen LogP contribution in [0, 0.1) is 11.6 Å². The number of halogens is 2. The van der Waals surface area contributed by atoms with E-state index in [-0.39, 0.29) is 5.60 Å². The van der Waals surface area contributed by atoms with E-state index in [4.69, 9.17) is 4.74 Å². The van der Waals surface area contributed by atoms with Crippen molar-refractivity contribution in [1.82, 2.24) is 5.32 Å². The molecule has 1 aromatic carbocycles. The van der Waals surface area contributed by atoms with Gasteiger partial charge in [0.2, 0.25) is 0 Å². The van der Waals surface area contributed by atoms with E-state index >= 15 is 0 Å². The van der Waals surface area contributed by atoms with Crippen molar-refractivity contribution in [3.8, 4) is 5.75 Å². The fourth-order valence-corrected chi connectivity index (χ4v) is 2.16. The predicted molar refractivity (Wildman–Crippen MR) is 62.1 cm³/mol. The molecule has 2 nitrogen and oxygen atoms in total. The number of hydrogen-bond acceptors (Lipinski definition) is 2. The normalized spacial score (nSPS) is 17.6. The van der Waals surface area contributed by atoms with Gasteiger partial charge in [-0.2, -0.15) is 0 Å². The number of ether oxygens (including phenoxy) is 1. The van der Waals surface area contributed by atoms with Crippen LogP contribution in [0.5, 0.6) is 5.75 Å². The first kappa shape index (κ1) is 12.3. The Balaban J connectivity index is 2.07. The van der Waals surface area contributed by atoms with Gasteiger partial charge in [-0.05, 0) is 39.3 Å². The first-order chi connectivity index (χ1) is 8.13. The molecular formula is C13H17F2NO. The molecular weight excluding hydrogens is 224 g/mol. The zero-order valence-corrected chi connectivity index (χ0v) is 9.93. The molecule has 0 radical (unpaired) electrons. The third kappa shape index (κ3) is 2.94. The Morgan fingerprint density at radius 2 is 1.88 bits per heavy atom. The highest BCUT2D eigenvalue weighted by Crippen LogP contribution is 2.39. The monoisotopic (exact) mass is 241 g/mol. The standard InChI is InChI=1S/C13H17F2NO/c1-16-6-5-13(3-2-4-13)17-12-8-10(14)7-11(15)9-12/h7-9,16H,2-6H2,1H3. The van der Waals surface area contributed by atoms with Crippen LogP contribution in [0.3, 0.4) is 0 Å². The summed E-state index contributed by atoms with van der Waals surface area (Å²) in [6.07, 6.45) is 3.88. The van der Waals surface area contributed by atoms with E-state index in [1.807, 2.05) is 7.05 Å². The van der Waals surface area contributed by atoms with E-state index in [2.05, 4.69) is 5.32 Å². The Morgan fingerprint density at radius 3 is 2.35 bits per heavy atom. The van der Waals surface area contributed by atoms with Gasteiger partial charge in [0.15, 0.2) is 0 Å². The van der Waals surface area contributed by atoms with Crippen molar-refractivity contribution in [2.24, 2.45) is 0 Å². The molecule has 0 aliphatic heterocycles. The van der Waals surface area contributed by atoms with E-state index in [0.29, 0.717) is 5.75 Å². The van der Waals surface area contributed by atoms with Crippen LogP contribution in [-0.4, -0.2) is 19.2 Å². The van der Waals surface area contributed by atoms with E-state index in [9.17, 15) is 8.78 Å². The fourth-order valence-electron chi connectivity index (χ4n) is 2.16. The molecule has 1 aromatic rings. The maximum Gasteiger partial charge on any atom is 0.129 e. The summed E-state index contributed by atoms with van der Waals surface area (Å²) in [5.41, 5.74) is -0.233. The van der Waals surface area contributed by atoms with Crippen LogP contribution in [0.25, 0.3) is 0 Å². The summed E-state index contributed by atoms with van der Waals surface area (Å²) in [5, 5.41) is 3.07. The van der Waals surface area contributed by atoms with Crippen molar-refractivity contribution in [2.75, 3.05) is 13.6 Å². The maximum atomic E-state index is 13.0. The second kappa shape index (κ2) is 5.00. The Hall–Kier alpha value is -1.16. The lowest BCUT2D eigenvalue weighted by Gasteiger charge is -2.42. The second-order valence-corrected chi connectivity index (χ2v) is 4.60. The first-order valence-corrected chi connectivity index (χ1v) is 5.93. The Kier molecular flexibility index (Phi) is 3.62. The zero-order chi connectivity index (χ0) is 12.3. The molecule has 1 aliphatic carbocycles. The molecule has 0 atom stereocenters. The summed E-state index contributed by atoms with van der Waals surface area (Å²) in [6.45, 7) is 0.845. The van der Waals surface area contributed by atoms with Gasteiger partial charge < -0.3 is 10.1 Å². The second-order valence-electron chi connectivity index (χ2n) is 4.60. The van der Waals surface area contributed by atoms with Crippen LogP contribution in [0.4, 0.5) is 8.78 Å². The quantitative estimate of drug-likeness (QED) is 0.855. The van der Waals surface area contributed by atoms with Crippen molar-refractivity contribution in [3.05, 3.63) is 29.8 Å². The Bertz CT molecular complexity index is 371. The lowest BCUT2D eigenvalue weighted by Crippen LogP contribution is -2.45. The number of rotatable bonds is 5. The molecule has 0 bridgehead atoms. The van der Waals surface area contributed by atoms with E-state index in [1.54, 1.807) is 0 Å². The molecule has 0 heterocycles. The lowest BCUT2D eigenvalue weighted by atomic mass is 9.77. The Labute approximate surface area is 100.0 Å². The van der Waals surface area contributed by atoms with Gasteiger partial charge in [-0.15, -0.1) is 0 Å². The minimum atomic E-state index is -0.594. The molecule has 1 fully saturated rings. The van der Waals surface area contributed by atoms with Crippen LogP contribution in [0.2, 0.25) is 0 Å². The van der Waals surface area contributed by atoms with Crippen LogP contribution in [0.15, 0.2) is 18.2 Å². The lowest BCUT2D eigenvalue weighted by molar-refractivity contribution is -0.0143. The zero-order valence-electron chi connectivity index (χ0n) is 9.93. The summed E-state index contributed by atoms with van der Waals surface area (Å²) in [4.78, 5) is 0. The first-order valence-electron chi connectivity index (χ1n) is 5.93. The van der Waals surface area contributed by atoms with E-state index in [1.165, 1.54) is 12.1 Å². The van der Waals surface area contributed by atoms with Crippen LogP contribution in [-0.2, 0) is 0 Å². The number of hydrogen-bond donors (Lipinski definition) is 1. The molecule has 0 unspecified atom stereocenters. The van der Waals surface area contributed by atoms with Crippen LogP contribution >= 0.6 is 0 Å². The van der Waals surface area contributed by atoms with Crippen LogP contribution in [0.1, 0.15) is 25.7 Å². The summed E-state index contributed by atoms with van der Waals surface area (Å²) < 4.78 is 31.9. The molecule has 0 spiro atoms. The average molecular weight is 241 g/mol. The molecule has 1 aliphatic rings. The van der Waals surface area contributed by atoms with E-state index in [0.717, 1.165) is 38.3 Å². The van der Waals surface area contributed by atoms with Crippen molar-refractivity contribution in [2.45, 2.75) is 31.3 Å².